The Kier molecular flexibility index (Phi) is 4.95. The van der Waals surface area contributed by atoms with Gasteiger partial charge in [0.1, 0.15) is 16.3 Å². The summed E-state index contributed by atoms with van der Waals surface area (Å²) in [6.07, 6.45) is 1.05. The number of nitrogens with zero attached hydrogens (tertiary/aromatic N) is 1. The molecule has 1 aromatic rings. The molecule has 1 aliphatic carbocycles. The first-order chi connectivity index (χ1) is 13.4. The molecule has 6 nitrogen and oxygen atoms in total. The van der Waals surface area contributed by atoms with E-state index < -0.39 is 17.2 Å². The van der Waals surface area contributed by atoms with Crippen molar-refractivity contribution in [3.8, 4) is 0 Å². The number of hydrogen-bond donors (Lipinski definition) is 0. The smallest absolute Gasteiger partial charge is 0.409 e. The van der Waals surface area contributed by atoms with Crippen LogP contribution in [0.4, 0.5) is 4.79 Å². The lowest BCUT2D eigenvalue weighted by atomic mass is 9.90. The molecule has 1 fully saturated rings. The quantitative estimate of drug-likeness (QED) is 0.706. The topological polar surface area (TPSA) is 72.9 Å². The van der Waals surface area contributed by atoms with Gasteiger partial charge < -0.3 is 14.4 Å². The van der Waals surface area contributed by atoms with Gasteiger partial charge in [0.25, 0.3) is 0 Å². The van der Waals surface area contributed by atoms with Gasteiger partial charge in [-0.1, -0.05) is 38.1 Å². The average molecular weight is 401 g/mol. The number of allylic oxidation sites excluding steroid dienone is 1. The molecule has 2 heterocycles. The van der Waals surface area contributed by atoms with Crippen molar-refractivity contribution < 1.29 is 23.9 Å². The molecule has 0 saturated carbocycles. The summed E-state index contributed by atoms with van der Waals surface area (Å²) in [5.41, 5.74) is 0.651. The van der Waals surface area contributed by atoms with Gasteiger partial charge in [-0.2, -0.15) is 0 Å². The standard InChI is InChI=1S/C21H23NO5S/c1-13(2)11-26-20(25)22-9-7-21(8-10-22)12-28-19-17(24)16(23)14-5-3-4-6-15(14)18(19)27-21/h3-6,13H,7-12H2,1-2H3. The van der Waals surface area contributed by atoms with E-state index in [1.165, 1.54) is 11.8 Å². The van der Waals surface area contributed by atoms with Crippen LogP contribution in [0.5, 0.6) is 0 Å². The molecule has 0 N–H and O–H groups in total. The van der Waals surface area contributed by atoms with Crippen molar-refractivity contribution in [3.63, 3.8) is 0 Å². The van der Waals surface area contributed by atoms with Crippen LogP contribution >= 0.6 is 11.8 Å². The Balaban J connectivity index is 1.50. The van der Waals surface area contributed by atoms with Crippen LogP contribution in [0.25, 0.3) is 5.76 Å². The van der Waals surface area contributed by atoms with Gasteiger partial charge in [0.05, 0.1) is 6.61 Å². The lowest BCUT2D eigenvalue weighted by Crippen LogP contribution is -2.51. The second-order valence-electron chi connectivity index (χ2n) is 7.89. The highest BCUT2D eigenvalue weighted by Crippen LogP contribution is 2.47. The third-order valence-corrected chi connectivity index (χ3v) is 6.64. The van der Waals surface area contributed by atoms with Crippen molar-refractivity contribution >= 4 is 35.2 Å². The molecule has 28 heavy (non-hydrogen) atoms. The number of ether oxygens (including phenoxy) is 2. The average Bonchev–Trinajstić information content (AvgIpc) is 2.71. The van der Waals surface area contributed by atoms with Crippen LogP contribution in [0.15, 0.2) is 29.2 Å². The number of fused-ring (bicyclic) bond motifs is 2. The minimum atomic E-state index is -0.483. The first kappa shape index (κ1) is 19.1. The van der Waals surface area contributed by atoms with E-state index in [0.717, 1.165) is 0 Å². The summed E-state index contributed by atoms with van der Waals surface area (Å²) in [6.45, 7) is 5.52. The fraction of sp³-hybridized carbons (Fsp3) is 0.476. The summed E-state index contributed by atoms with van der Waals surface area (Å²) >= 11 is 1.40. The molecule has 4 rings (SSSR count). The maximum Gasteiger partial charge on any atom is 0.409 e. The van der Waals surface area contributed by atoms with Crippen molar-refractivity contribution in [1.29, 1.82) is 0 Å². The van der Waals surface area contributed by atoms with Crippen LogP contribution in [0.3, 0.4) is 0 Å². The van der Waals surface area contributed by atoms with E-state index in [2.05, 4.69) is 0 Å². The molecule has 1 spiro atoms. The van der Waals surface area contributed by atoms with Gasteiger partial charge in [-0.3, -0.25) is 9.59 Å². The molecule has 148 valence electrons. The summed E-state index contributed by atoms with van der Waals surface area (Å²) in [6, 6.07) is 7.09. The van der Waals surface area contributed by atoms with Crippen LogP contribution in [-0.2, 0) is 14.3 Å². The molecule has 1 saturated heterocycles. The van der Waals surface area contributed by atoms with Crippen LogP contribution in [0.2, 0.25) is 0 Å². The van der Waals surface area contributed by atoms with Crippen LogP contribution in [-0.4, -0.2) is 53.6 Å². The summed E-state index contributed by atoms with van der Waals surface area (Å²) in [7, 11) is 0. The van der Waals surface area contributed by atoms with Crippen LogP contribution < -0.4 is 0 Å². The second-order valence-corrected chi connectivity index (χ2v) is 8.88. The number of carbonyl (C=O) groups is 3. The lowest BCUT2D eigenvalue weighted by Gasteiger charge is -2.45. The van der Waals surface area contributed by atoms with Crippen LogP contribution in [0, 0.1) is 5.92 Å². The van der Waals surface area contributed by atoms with Gasteiger partial charge in [0.2, 0.25) is 11.6 Å². The number of rotatable bonds is 2. The predicted molar refractivity (Wildman–Crippen MR) is 106 cm³/mol. The largest absolute Gasteiger partial charge is 0.484 e. The molecular weight excluding hydrogens is 378 g/mol. The van der Waals surface area contributed by atoms with Crippen molar-refractivity contribution in [2.75, 3.05) is 25.4 Å². The summed E-state index contributed by atoms with van der Waals surface area (Å²) < 4.78 is 11.7. The molecule has 1 aromatic carbocycles. The van der Waals surface area contributed by atoms with E-state index in [1.54, 1.807) is 17.0 Å². The number of Topliss-reactive ketones (excluding diaryl/α,β-unsaturated/α-hetero) is 2. The molecule has 1 amide bonds. The SMILES string of the molecule is CC(C)COC(=O)N1CCC2(CC1)CSC1=C(O2)c2ccccc2C(=O)C1=O. The highest BCUT2D eigenvalue weighted by Gasteiger charge is 2.46. The maximum atomic E-state index is 12.5. The Bertz CT molecular complexity index is 867. The van der Waals surface area contributed by atoms with Crippen molar-refractivity contribution in [2.24, 2.45) is 5.92 Å². The van der Waals surface area contributed by atoms with E-state index >= 15 is 0 Å². The summed E-state index contributed by atoms with van der Waals surface area (Å²) in [5, 5.41) is 0. The van der Waals surface area contributed by atoms with Crippen molar-refractivity contribution in [1.82, 2.24) is 4.90 Å². The minimum Gasteiger partial charge on any atom is -0.484 e. The normalized spacial score (nSPS) is 20.8. The first-order valence-corrected chi connectivity index (χ1v) is 10.5. The number of likely N-dealkylation sites (tertiary alicyclic amines) is 1. The van der Waals surface area contributed by atoms with Gasteiger partial charge in [0.15, 0.2) is 0 Å². The van der Waals surface area contributed by atoms with E-state index in [9.17, 15) is 14.4 Å². The lowest BCUT2D eigenvalue weighted by molar-refractivity contribution is -0.111. The molecule has 0 aromatic heterocycles. The molecule has 7 heteroatoms. The molecule has 0 unspecified atom stereocenters. The highest BCUT2D eigenvalue weighted by molar-refractivity contribution is 8.04. The van der Waals surface area contributed by atoms with Gasteiger partial charge in [-0.05, 0) is 5.92 Å². The van der Waals surface area contributed by atoms with E-state index in [4.69, 9.17) is 9.47 Å². The maximum absolute atomic E-state index is 12.5. The molecule has 2 aliphatic heterocycles. The number of piperidine rings is 1. The highest BCUT2D eigenvalue weighted by atomic mass is 32.2. The zero-order chi connectivity index (χ0) is 19.9. The molecule has 0 radical (unpaired) electrons. The van der Waals surface area contributed by atoms with Gasteiger partial charge in [0, 0.05) is 42.8 Å². The fourth-order valence-corrected chi connectivity index (χ4v) is 4.95. The Morgan fingerprint density at radius 3 is 2.54 bits per heavy atom. The Hall–Kier alpha value is -2.28. The Morgan fingerprint density at radius 1 is 1.18 bits per heavy atom. The van der Waals surface area contributed by atoms with Crippen LogP contribution in [0.1, 0.15) is 42.6 Å². The predicted octanol–water partition coefficient (Wildman–Crippen LogP) is 3.51. The summed E-state index contributed by atoms with van der Waals surface area (Å²) in [4.78, 5) is 39.2. The third-order valence-electron chi connectivity index (χ3n) is 5.31. The number of hydrogen-bond acceptors (Lipinski definition) is 6. The monoisotopic (exact) mass is 401 g/mol. The van der Waals surface area contributed by atoms with E-state index in [-0.39, 0.29) is 6.09 Å². The van der Waals surface area contributed by atoms with E-state index in [0.29, 0.717) is 66.0 Å². The molecular formula is C21H23NO5S. The van der Waals surface area contributed by atoms with E-state index in [1.807, 2.05) is 26.0 Å². The minimum absolute atomic E-state index is 0.282. The van der Waals surface area contributed by atoms with Gasteiger partial charge in [-0.25, -0.2) is 4.79 Å². The number of amides is 1. The Morgan fingerprint density at radius 2 is 1.86 bits per heavy atom. The Labute approximate surface area is 168 Å². The molecule has 0 bridgehead atoms. The fourth-order valence-electron chi connectivity index (χ4n) is 3.68. The second kappa shape index (κ2) is 7.28. The van der Waals surface area contributed by atoms with Gasteiger partial charge in [-0.15, -0.1) is 11.8 Å². The number of thioether (sulfide) groups is 1. The third kappa shape index (κ3) is 3.32. The number of carbonyl (C=O) groups excluding carboxylic acids is 3. The zero-order valence-corrected chi connectivity index (χ0v) is 16.8. The van der Waals surface area contributed by atoms with Crippen molar-refractivity contribution in [2.45, 2.75) is 32.3 Å². The number of benzene rings is 1. The zero-order valence-electron chi connectivity index (χ0n) is 16.0. The summed E-state index contributed by atoms with van der Waals surface area (Å²) in [5.74, 6) is 0.469. The number of ketones is 2. The van der Waals surface area contributed by atoms with Crippen molar-refractivity contribution in [3.05, 3.63) is 40.3 Å². The van der Waals surface area contributed by atoms with Gasteiger partial charge >= 0.3 is 6.09 Å². The molecule has 0 atom stereocenters. The first-order valence-electron chi connectivity index (χ1n) is 9.56. The molecule has 3 aliphatic rings.